The molecule has 0 bridgehead atoms. The summed E-state index contributed by atoms with van der Waals surface area (Å²) in [6, 6.07) is 9.74. The lowest BCUT2D eigenvalue weighted by molar-refractivity contribution is -0.115. The van der Waals surface area contributed by atoms with Crippen LogP contribution in [0.4, 0.5) is 23.0 Å². The Labute approximate surface area is 121 Å². The molecule has 0 unspecified atom stereocenters. The van der Waals surface area contributed by atoms with Crippen LogP contribution >= 0.6 is 0 Å². The van der Waals surface area contributed by atoms with Gasteiger partial charge >= 0.3 is 0 Å². The maximum absolute atomic E-state index is 11.3. The standard InChI is InChI=1S/C14H15N5O2/c1-2-13(21)16-12-8-7-10(14(15)17-12)19-18-9-5-3-4-6-11(9)20/h3-8,20H,2H2,1H3,(H3,15,16,17,21). The van der Waals surface area contributed by atoms with Crippen molar-refractivity contribution in [3.05, 3.63) is 36.4 Å². The second-order valence-corrected chi connectivity index (χ2v) is 4.19. The molecule has 7 nitrogen and oxygen atoms in total. The predicted molar refractivity (Wildman–Crippen MR) is 79.9 cm³/mol. The molecule has 0 aliphatic rings. The summed E-state index contributed by atoms with van der Waals surface area (Å²) in [5.74, 6) is 0.383. The first kappa shape index (κ1) is 14.4. The van der Waals surface area contributed by atoms with E-state index in [1.807, 2.05) is 0 Å². The first-order valence-corrected chi connectivity index (χ1v) is 6.36. The summed E-state index contributed by atoms with van der Waals surface area (Å²) in [5, 5.41) is 20.0. The van der Waals surface area contributed by atoms with Gasteiger partial charge in [-0.25, -0.2) is 4.98 Å². The first-order chi connectivity index (χ1) is 10.1. The molecule has 1 amide bonds. The molecular formula is C14H15N5O2. The average Bonchev–Trinajstić information content (AvgIpc) is 2.48. The molecular weight excluding hydrogens is 270 g/mol. The lowest BCUT2D eigenvalue weighted by Crippen LogP contribution is -2.11. The second-order valence-electron chi connectivity index (χ2n) is 4.19. The molecule has 21 heavy (non-hydrogen) atoms. The molecule has 0 atom stereocenters. The van der Waals surface area contributed by atoms with Gasteiger partial charge in [-0.05, 0) is 24.3 Å². The number of nitrogens with zero attached hydrogens (tertiary/aromatic N) is 3. The summed E-state index contributed by atoms with van der Waals surface area (Å²) in [4.78, 5) is 15.3. The smallest absolute Gasteiger partial charge is 0.225 e. The largest absolute Gasteiger partial charge is 0.506 e. The molecule has 1 heterocycles. The number of phenolic OH excluding ortho intramolecular Hbond substituents is 1. The number of aromatic hydroxyl groups is 1. The molecule has 0 aliphatic heterocycles. The van der Waals surface area contributed by atoms with Crippen molar-refractivity contribution in [3.63, 3.8) is 0 Å². The molecule has 2 rings (SSSR count). The van der Waals surface area contributed by atoms with E-state index in [4.69, 9.17) is 5.73 Å². The fraction of sp³-hybridized carbons (Fsp3) is 0.143. The number of nitrogen functional groups attached to an aromatic ring is 1. The van der Waals surface area contributed by atoms with Crippen LogP contribution in [0, 0.1) is 0 Å². The van der Waals surface area contributed by atoms with E-state index in [1.54, 1.807) is 37.3 Å². The Morgan fingerprint density at radius 2 is 1.95 bits per heavy atom. The molecule has 108 valence electrons. The highest BCUT2D eigenvalue weighted by Gasteiger charge is 2.05. The van der Waals surface area contributed by atoms with Gasteiger partial charge in [0.15, 0.2) is 5.82 Å². The van der Waals surface area contributed by atoms with E-state index in [0.29, 0.717) is 23.6 Å². The number of aromatic nitrogens is 1. The van der Waals surface area contributed by atoms with Crippen molar-refractivity contribution in [2.45, 2.75) is 13.3 Å². The maximum atomic E-state index is 11.3. The number of anilines is 2. The highest BCUT2D eigenvalue weighted by Crippen LogP contribution is 2.29. The van der Waals surface area contributed by atoms with Crippen LogP contribution in [0.25, 0.3) is 0 Å². The van der Waals surface area contributed by atoms with Crippen LogP contribution in [0.1, 0.15) is 13.3 Å². The summed E-state index contributed by atoms with van der Waals surface area (Å²) in [5.41, 5.74) is 6.45. The Morgan fingerprint density at radius 3 is 2.62 bits per heavy atom. The van der Waals surface area contributed by atoms with Gasteiger partial charge in [0.1, 0.15) is 22.9 Å². The lowest BCUT2D eigenvalue weighted by atomic mass is 10.3. The van der Waals surface area contributed by atoms with Gasteiger partial charge in [0.2, 0.25) is 5.91 Å². The van der Waals surface area contributed by atoms with Gasteiger partial charge in [0, 0.05) is 6.42 Å². The number of nitrogens with two attached hydrogens (primary N) is 1. The summed E-state index contributed by atoms with van der Waals surface area (Å²) in [6.45, 7) is 1.74. The topological polar surface area (TPSA) is 113 Å². The number of rotatable bonds is 4. The van der Waals surface area contributed by atoms with E-state index in [1.165, 1.54) is 6.07 Å². The lowest BCUT2D eigenvalue weighted by Gasteiger charge is -2.04. The number of carbonyl (C=O) groups is 1. The zero-order valence-electron chi connectivity index (χ0n) is 11.4. The van der Waals surface area contributed by atoms with Crippen LogP contribution in [0.3, 0.4) is 0 Å². The number of hydrogen-bond donors (Lipinski definition) is 3. The number of amides is 1. The Bertz CT molecular complexity index is 685. The Kier molecular flexibility index (Phi) is 4.45. The summed E-state index contributed by atoms with van der Waals surface area (Å²) in [6.07, 6.45) is 0.357. The second kappa shape index (κ2) is 6.47. The van der Waals surface area contributed by atoms with Crippen molar-refractivity contribution in [2.24, 2.45) is 10.2 Å². The van der Waals surface area contributed by atoms with Crippen LogP contribution in [-0.2, 0) is 4.79 Å². The minimum absolute atomic E-state index is 0.0274. The van der Waals surface area contributed by atoms with Crippen molar-refractivity contribution in [1.82, 2.24) is 4.98 Å². The monoisotopic (exact) mass is 285 g/mol. The molecule has 0 saturated heterocycles. The fourth-order valence-corrected chi connectivity index (χ4v) is 1.51. The van der Waals surface area contributed by atoms with E-state index in [0.717, 1.165) is 0 Å². The van der Waals surface area contributed by atoms with Crippen LogP contribution in [0.15, 0.2) is 46.6 Å². The Balaban J connectivity index is 2.18. The highest BCUT2D eigenvalue weighted by atomic mass is 16.3. The van der Waals surface area contributed by atoms with E-state index < -0.39 is 0 Å². The average molecular weight is 285 g/mol. The third-order valence-corrected chi connectivity index (χ3v) is 2.64. The molecule has 7 heteroatoms. The minimum Gasteiger partial charge on any atom is -0.506 e. The fourth-order valence-electron chi connectivity index (χ4n) is 1.51. The third kappa shape index (κ3) is 3.75. The zero-order valence-corrected chi connectivity index (χ0v) is 11.4. The third-order valence-electron chi connectivity index (χ3n) is 2.64. The van der Waals surface area contributed by atoms with Crippen molar-refractivity contribution >= 4 is 28.9 Å². The quantitative estimate of drug-likeness (QED) is 0.749. The summed E-state index contributed by atoms with van der Waals surface area (Å²) >= 11 is 0. The van der Waals surface area contributed by atoms with E-state index in [9.17, 15) is 9.90 Å². The first-order valence-electron chi connectivity index (χ1n) is 6.36. The summed E-state index contributed by atoms with van der Waals surface area (Å²) in [7, 11) is 0. The van der Waals surface area contributed by atoms with E-state index in [-0.39, 0.29) is 17.5 Å². The van der Waals surface area contributed by atoms with Gasteiger partial charge in [-0.2, -0.15) is 0 Å². The minimum atomic E-state index is -0.148. The van der Waals surface area contributed by atoms with Crippen LogP contribution in [0.2, 0.25) is 0 Å². The van der Waals surface area contributed by atoms with Crippen LogP contribution in [0.5, 0.6) is 5.75 Å². The van der Waals surface area contributed by atoms with Gasteiger partial charge in [0.05, 0.1) is 0 Å². The Hall–Kier alpha value is -2.96. The molecule has 4 N–H and O–H groups in total. The molecule has 0 radical (unpaired) electrons. The highest BCUT2D eigenvalue weighted by molar-refractivity contribution is 5.89. The SMILES string of the molecule is CCC(=O)Nc1ccc(N=Nc2ccccc2O)c(N)n1. The molecule has 0 saturated carbocycles. The maximum Gasteiger partial charge on any atom is 0.225 e. The molecule has 1 aromatic carbocycles. The van der Waals surface area contributed by atoms with Gasteiger partial charge in [-0.15, -0.1) is 10.2 Å². The Morgan fingerprint density at radius 1 is 1.24 bits per heavy atom. The van der Waals surface area contributed by atoms with Gasteiger partial charge in [-0.1, -0.05) is 19.1 Å². The number of para-hydroxylation sites is 1. The van der Waals surface area contributed by atoms with Crippen molar-refractivity contribution in [3.8, 4) is 5.75 Å². The van der Waals surface area contributed by atoms with Gasteiger partial charge in [0.25, 0.3) is 0 Å². The number of benzene rings is 1. The normalized spacial score (nSPS) is 10.7. The number of pyridine rings is 1. The summed E-state index contributed by atoms with van der Waals surface area (Å²) < 4.78 is 0. The molecule has 1 aromatic heterocycles. The number of phenols is 1. The molecule has 0 aliphatic carbocycles. The van der Waals surface area contributed by atoms with Crippen molar-refractivity contribution in [2.75, 3.05) is 11.1 Å². The van der Waals surface area contributed by atoms with E-state index in [2.05, 4.69) is 20.5 Å². The van der Waals surface area contributed by atoms with E-state index >= 15 is 0 Å². The zero-order chi connectivity index (χ0) is 15.2. The number of nitrogens with one attached hydrogen (secondary N) is 1. The van der Waals surface area contributed by atoms with Crippen molar-refractivity contribution < 1.29 is 9.90 Å². The molecule has 2 aromatic rings. The van der Waals surface area contributed by atoms with Crippen LogP contribution < -0.4 is 11.1 Å². The number of azo groups is 1. The van der Waals surface area contributed by atoms with Crippen LogP contribution in [-0.4, -0.2) is 16.0 Å². The van der Waals surface area contributed by atoms with Crippen molar-refractivity contribution in [1.29, 1.82) is 0 Å². The van der Waals surface area contributed by atoms with Gasteiger partial charge in [-0.3, -0.25) is 4.79 Å². The molecule has 0 spiro atoms. The number of hydrogen-bond acceptors (Lipinski definition) is 6. The predicted octanol–water partition coefficient (Wildman–Crippen LogP) is 3.13. The van der Waals surface area contributed by atoms with Gasteiger partial charge < -0.3 is 16.2 Å². The number of carbonyl (C=O) groups excluding carboxylic acids is 1. The molecule has 0 fully saturated rings.